The summed E-state index contributed by atoms with van der Waals surface area (Å²) in [7, 11) is 3.88. The Kier molecular flexibility index (Phi) is 4.39. The van der Waals surface area contributed by atoms with E-state index in [1.165, 1.54) is 0 Å². The van der Waals surface area contributed by atoms with Gasteiger partial charge >= 0.3 is 0 Å². The minimum atomic E-state index is -0.246. The van der Waals surface area contributed by atoms with Gasteiger partial charge in [-0.05, 0) is 18.2 Å². The zero-order valence-electron chi connectivity index (χ0n) is 11.4. The Morgan fingerprint density at radius 2 is 2.32 bits per heavy atom. The number of aliphatic hydroxyl groups excluding tert-OH is 1. The SMILES string of the molecule is CN(C)c1cccc(C(=O)N2CCOCC2CO)c1. The van der Waals surface area contributed by atoms with Crippen LogP contribution in [0.4, 0.5) is 5.69 Å². The van der Waals surface area contributed by atoms with Crippen LogP contribution in [0.25, 0.3) is 0 Å². The number of anilines is 1. The van der Waals surface area contributed by atoms with Crippen molar-refractivity contribution in [2.24, 2.45) is 0 Å². The first-order valence-corrected chi connectivity index (χ1v) is 6.40. The van der Waals surface area contributed by atoms with Crippen LogP contribution < -0.4 is 4.90 Å². The van der Waals surface area contributed by atoms with Crippen molar-refractivity contribution in [2.45, 2.75) is 6.04 Å². The second-order valence-electron chi connectivity index (χ2n) is 4.85. The molecule has 1 aliphatic rings. The summed E-state index contributed by atoms with van der Waals surface area (Å²) in [6.07, 6.45) is 0. The van der Waals surface area contributed by atoms with E-state index in [2.05, 4.69) is 0 Å². The van der Waals surface area contributed by atoms with Crippen molar-refractivity contribution >= 4 is 11.6 Å². The van der Waals surface area contributed by atoms with Crippen molar-refractivity contribution in [3.05, 3.63) is 29.8 Å². The monoisotopic (exact) mass is 264 g/mol. The molecule has 1 aromatic rings. The van der Waals surface area contributed by atoms with Crippen molar-refractivity contribution in [1.82, 2.24) is 4.90 Å². The Bertz CT molecular complexity index is 448. The highest BCUT2D eigenvalue weighted by Crippen LogP contribution is 2.17. The molecule has 0 aliphatic carbocycles. The molecule has 19 heavy (non-hydrogen) atoms. The molecule has 1 fully saturated rings. The lowest BCUT2D eigenvalue weighted by Gasteiger charge is -2.34. The fraction of sp³-hybridized carbons (Fsp3) is 0.500. The van der Waals surface area contributed by atoms with Crippen LogP contribution in [-0.4, -0.2) is 62.4 Å². The molecule has 0 saturated carbocycles. The van der Waals surface area contributed by atoms with Crippen molar-refractivity contribution in [3.63, 3.8) is 0 Å². The highest BCUT2D eigenvalue weighted by Gasteiger charge is 2.27. The topological polar surface area (TPSA) is 53.0 Å². The smallest absolute Gasteiger partial charge is 0.254 e. The highest BCUT2D eigenvalue weighted by molar-refractivity contribution is 5.95. The molecule has 2 rings (SSSR count). The number of carbonyl (C=O) groups excluding carboxylic acids is 1. The zero-order chi connectivity index (χ0) is 13.8. The summed E-state index contributed by atoms with van der Waals surface area (Å²) in [5.74, 6) is -0.0500. The average molecular weight is 264 g/mol. The first-order chi connectivity index (χ1) is 9.13. The first kappa shape index (κ1) is 13.8. The Hall–Kier alpha value is -1.59. The fourth-order valence-corrected chi connectivity index (χ4v) is 2.16. The molecule has 1 atom stereocenters. The second kappa shape index (κ2) is 6.04. The molecule has 5 nitrogen and oxygen atoms in total. The number of hydrogen-bond donors (Lipinski definition) is 1. The lowest BCUT2D eigenvalue weighted by Crippen LogP contribution is -2.50. The molecule has 5 heteroatoms. The third-order valence-electron chi connectivity index (χ3n) is 3.31. The van der Waals surface area contributed by atoms with E-state index in [1.54, 1.807) is 11.0 Å². The van der Waals surface area contributed by atoms with Crippen LogP contribution >= 0.6 is 0 Å². The lowest BCUT2D eigenvalue weighted by atomic mass is 10.1. The van der Waals surface area contributed by atoms with Gasteiger partial charge in [0.25, 0.3) is 5.91 Å². The van der Waals surface area contributed by atoms with Crippen molar-refractivity contribution in [1.29, 1.82) is 0 Å². The molecular weight excluding hydrogens is 244 g/mol. The predicted octanol–water partition coefficient (Wildman–Crippen LogP) is 0.586. The summed E-state index contributed by atoms with van der Waals surface area (Å²) in [5.41, 5.74) is 1.63. The highest BCUT2D eigenvalue weighted by atomic mass is 16.5. The molecule has 1 aromatic carbocycles. The lowest BCUT2D eigenvalue weighted by molar-refractivity contribution is -0.0183. The van der Waals surface area contributed by atoms with E-state index in [1.807, 2.05) is 37.2 Å². The number of hydrogen-bond acceptors (Lipinski definition) is 4. The van der Waals surface area contributed by atoms with Gasteiger partial charge in [0, 0.05) is 31.9 Å². The molecule has 0 radical (unpaired) electrons. The van der Waals surface area contributed by atoms with Crippen LogP contribution in [0.2, 0.25) is 0 Å². The largest absolute Gasteiger partial charge is 0.394 e. The molecule has 1 aliphatic heterocycles. The minimum Gasteiger partial charge on any atom is -0.394 e. The fourth-order valence-electron chi connectivity index (χ4n) is 2.16. The quantitative estimate of drug-likeness (QED) is 0.868. The number of amides is 1. The Morgan fingerprint density at radius 3 is 3.00 bits per heavy atom. The molecule has 1 heterocycles. The molecule has 104 valence electrons. The van der Waals surface area contributed by atoms with Gasteiger partial charge in [0.05, 0.1) is 25.9 Å². The third-order valence-corrected chi connectivity index (χ3v) is 3.31. The average Bonchev–Trinajstić information content (AvgIpc) is 2.46. The maximum Gasteiger partial charge on any atom is 0.254 e. The normalized spacial score (nSPS) is 19.3. The summed E-state index contributed by atoms with van der Waals surface area (Å²) in [5, 5.41) is 9.32. The number of benzene rings is 1. The van der Waals surface area contributed by atoms with E-state index in [4.69, 9.17) is 4.74 Å². The number of morpholine rings is 1. The van der Waals surface area contributed by atoms with Gasteiger partial charge in [-0.2, -0.15) is 0 Å². The van der Waals surface area contributed by atoms with E-state index in [9.17, 15) is 9.90 Å². The van der Waals surface area contributed by atoms with Crippen LogP contribution in [0, 0.1) is 0 Å². The zero-order valence-corrected chi connectivity index (χ0v) is 11.4. The number of ether oxygens (including phenoxy) is 1. The van der Waals surface area contributed by atoms with Gasteiger partial charge in [-0.3, -0.25) is 4.79 Å². The van der Waals surface area contributed by atoms with E-state index in [-0.39, 0.29) is 18.6 Å². The molecule has 1 saturated heterocycles. The molecule has 1 amide bonds. The third kappa shape index (κ3) is 3.05. The number of aliphatic hydroxyl groups is 1. The van der Waals surface area contributed by atoms with Gasteiger partial charge in [0.2, 0.25) is 0 Å². The molecular formula is C14H20N2O3. The van der Waals surface area contributed by atoms with E-state index in [0.717, 1.165) is 5.69 Å². The summed E-state index contributed by atoms with van der Waals surface area (Å²) in [6, 6.07) is 7.26. The van der Waals surface area contributed by atoms with Crippen LogP contribution in [0.5, 0.6) is 0 Å². The van der Waals surface area contributed by atoms with Crippen LogP contribution in [-0.2, 0) is 4.74 Å². The standard InChI is InChI=1S/C14H20N2O3/c1-15(2)12-5-3-4-11(8-12)14(18)16-6-7-19-10-13(16)9-17/h3-5,8,13,17H,6-7,9-10H2,1-2H3. The Balaban J connectivity index is 2.20. The van der Waals surface area contributed by atoms with E-state index >= 15 is 0 Å². The number of carbonyl (C=O) groups is 1. The van der Waals surface area contributed by atoms with Gasteiger partial charge in [0.1, 0.15) is 0 Å². The van der Waals surface area contributed by atoms with Crippen LogP contribution in [0.3, 0.4) is 0 Å². The Morgan fingerprint density at radius 1 is 1.53 bits per heavy atom. The van der Waals surface area contributed by atoms with Crippen LogP contribution in [0.1, 0.15) is 10.4 Å². The summed E-state index contributed by atoms with van der Waals surface area (Å²) < 4.78 is 5.29. The second-order valence-corrected chi connectivity index (χ2v) is 4.85. The van der Waals surface area contributed by atoms with Crippen LogP contribution in [0.15, 0.2) is 24.3 Å². The predicted molar refractivity (Wildman–Crippen MR) is 73.5 cm³/mol. The molecule has 0 aromatic heterocycles. The molecule has 1 unspecified atom stereocenters. The summed E-state index contributed by atoms with van der Waals surface area (Å²) in [6.45, 7) is 1.38. The maximum atomic E-state index is 12.5. The van der Waals surface area contributed by atoms with Crippen molar-refractivity contribution in [3.8, 4) is 0 Å². The van der Waals surface area contributed by atoms with Gasteiger partial charge in [0.15, 0.2) is 0 Å². The van der Waals surface area contributed by atoms with E-state index in [0.29, 0.717) is 25.3 Å². The molecule has 1 N–H and O–H groups in total. The molecule has 0 bridgehead atoms. The first-order valence-electron chi connectivity index (χ1n) is 6.40. The van der Waals surface area contributed by atoms with E-state index < -0.39 is 0 Å². The van der Waals surface area contributed by atoms with Gasteiger partial charge in [-0.15, -0.1) is 0 Å². The number of nitrogens with zero attached hydrogens (tertiary/aromatic N) is 2. The van der Waals surface area contributed by atoms with Crippen molar-refractivity contribution in [2.75, 3.05) is 45.4 Å². The minimum absolute atomic E-state index is 0.0500. The van der Waals surface area contributed by atoms with Gasteiger partial charge < -0.3 is 19.6 Å². The molecule has 0 spiro atoms. The van der Waals surface area contributed by atoms with Gasteiger partial charge in [-0.25, -0.2) is 0 Å². The summed E-state index contributed by atoms with van der Waals surface area (Å²) in [4.78, 5) is 16.1. The summed E-state index contributed by atoms with van der Waals surface area (Å²) >= 11 is 0. The van der Waals surface area contributed by atoms with Gasteiger partial charge in [-0.1, -0.05) is 6.07 Å². The van der Waals surface area contributed by atoms with Crippen molar-refractivity contribution < 1.29 is 14.6 Å². The Labute approximate surface area is 113 Å². The maximum absolute atomic E-state index is 12.5. The number of rotatable bonds is 3.